The van der Waals surface area contributed by atoms with E-state index in [0.29, 0.717) is 31.5 Å². The molecule has 2 heterocycles. The number of amides is 1. The van der Waals surface area contributed by atoms with E-state index < -0.39 is 15.3 Å². The number of carbonyl (C=O) groups is 1. The first kappa shape index (κ1) is 15.7. The third-order valence-electron chi connectivity index (χ3n) is 4.46. The fourth-order valence-corrected chi connectivity index (χ4v) is 4.13. The van der Waals surface area contributed by atoms with Gasteiger partial charge in [0, 0.05) is 31.6 Å². The largest absolute Gasteiger partial charge is 0.341 e. The van der Waals surface area contributed by atoms with E-state index in [4.69, 9.17) is 5.14 Å². The van der Waals surface area contributed by atoms with Gasteiger partial charge < -0.3 is 4.90 Å². The van der Waals surface area contributed by atoms with Gasteiger partial charge in [-0.2, -0.15) is 0 Å². The van der Waals surface area contributed by atoms with Crippen LogP contribution >= 0.6 is 0 Å². The van der Waals surface area contributed by atoms with Crippen molar-refractivity contribution in [1.29, 1.82) is 0 Å². The predicted octanol–water partition coefficient (Wildman–Crippen LogP) is 0.139. The van der Waals surface area contributed by atoms with Crippen molar-refractivity contribution in [2.45, 2.75) is 56.9 Å². The Morgan fingerprint density at radius 3 is 2.55 bits per heavy atom. The summed E-state index contributed by atoms with van der Waals surface area (Å²) < 4.78 is 22.6. The number of hydrogen-bond acceptors (Lipinski definition) is 4. The summed E-state index contributed by atoms with van der Waals surface area (Å²) in [4.78, 5) is 16.3. The van der Waals surface area contributed by atoms with E-state index in [1.165, 1.54) is 0 Å². The van der Waals surface area contributed by atoms with Crippen LogP contribution in [0.15, 0.2) is 0 Å². The first-order chi connectivity index (χ1) is 9.29. The summed E-state index contributed by atoms with van der Waals surface area (Å²) >= 11 is 0. The molecule has 2 rings (SSSR count). The fraction of sp³-hybridized carbons (Fsp3) is 0.923. The van der Waals surface area contributed by atoms with Crippen LogP contribution in [0.1, 0.15) is 39.5 Å². The smallest absolute Gasteiger partial charge is 0.224 e. The molecule has 6 nitrogen and oxygen atoms in total. The lowest BCUT2D eigenvalue weighted by atomic mass is 10.1. The van der Waals surface area contributed by atoms with Crippen LogP contribution in [-0.2, 0) is 14.8 Å². The summed E-state index contributed by atoms with van der Waals surface area (Å²) in [6.07, 6.45) is 3.14. The van der Waals surface area contributed by atoms with Crippen molar-refractivity contribution in [2.24, 2.45) is 5.14 Å². The van der Waals surface area contributed by atoms with Crippen molar-refractivity contribution >= 4 is 15.9 Å². The average Bonchev–Trinajstić information content (AvgIpc) is 2.95. The molecule has 2 saturated heterocycles. The van der Waals surface area contributed by atoms with Crippen molar-refractivity contribution in [2.75, 3.05) is 19.6 Å². The average molecular weight is 303 g/mol. The van der Waals surface area contributed by atoms with Crippen molar-refractivity contribution in [3.05, 3.63) is 0 Å². The van der Waals surface area contributed by atoms with Crippen LogP contribution in [-0.4, -0.2) is 61.1 Å². The first-order valence-corrected chi connectivity index (χ1v) is 8.95. The van der Waals surface area contributed by atoms with Gasteiger partial charge in [-0.3, -0.25) is 9.69 Å². The fourth-order valence-electron chi connectivity index (χ4n) is 3.31. The Morgan fingerprint density at radius 2 is 2.00 bits per heavy atom. The number of hydrogen-bond donors (Lipinski definition) is 1. The minimum Gasteiger partial charge on any atom is -0.341 e. The Labute approximate surface area is 121 Å². The van der Waals surface area contributed by atoms with Crippen LogP contribution < -0.4 is 5.14 Å². The number of likely N-dealkylation sites (tertiary alicyclic amines) is 2. The topological polar surface area (TPSA) is 83.7 Å². The van der Waals surface area contributed by atoms with Gasteiger partial charge in [0.05, 0.1) is 5.25 Å². The lowest BCUT2D eigenvalue weighted by Gasteiger charge is -2.29. The highest BCUT2D eigenvalue weighted by Crippen LogP contribution is 2.24. The molecule has 1 amide bonds. The predicted molar refractivity (Wildman–Crippen MR) is 77.6 cm³/mol. The molecule has 20 heavy (non-hydrogen) atoms. The van der Waals surface area contributed by atoms with Crippen molar-refractivity contribution in [3.8, 4) is 0 Å². The minimum atomic E-state index is -3.52. The molecule has 2 atom stereocenters. The molecular weight excluding hydrogens is 278 g/mol. The maximum atomic E-state index is 12.3. The van der Waals surface area contributed by atoms with E-state index in [9.17, 15) is 13.2 Å². The molecule has 0 aromatic heterocycles. The molecule has 0 aliphatic carbocycles. The van der Waals surface area contributed by atoms with Crippen LogP contribution in [0.25, 0.3) is 0 Å². The third-order valence-corrected chi connectivity index (χ3v) is 5.77. The molecule has 2 aliphatic rings. The zero-order valence-corrected chi connectivity index (χ0v) is 13.1. The molecule has 0 aromatic rings. The number of rotatable bonds is 4. The van der Waals surface area contributed by atoms with Crippen molar-refractivity contribution in [3.63, 3.8) is 0 Å². The summed E-state index contributed by atoms with van der Waals surface area (Å²) in [5.41, 5.74) is 0. The van der Waals surface area contributed by atoms with E-state index in [1.807, 2.05) is 0 Å². The minimum absolute atomic E-state index is 0.0636. The molecule has 2 aliphatic heterocycles. The highest BCUT2D eigenvalue weighted by Gasteiger charge is 2.35. The maximum absolute atomic E-state index is 12.3. The Morgan fingerprint density at radius 1 is 1.30 bits per heavy atom. The van der Waals surface area contributed by atoms with Crippen LogP contribution in [0.3, 0.4) is 0 Å². The van der Waals surface area contributed by atoms with Gasteiger partial charge in [-0.25, -0.2) is 13.6 Å². The Bertz CT molecular complexity index is 463. The van der Waals surface area contributed by atoms with Crippen molar-refractivity contribution < 1.29 is 13.2 Å². The van der Waals surface area contributed by atoms with Gasteiger partial charge in [0.2, 0.25) is 15.9 Å². The molecule has 116 valence electrons. The summed E-state index contributed by atoms with van der Waals surface area (Å²) in [5.74, 6) is 0.0636. The quantitative estimate of drug-likeness (QED) is 0.800. The summed E-state index contributed by atoms with van der Waals surface area (Å²) in [6.45, 7) is 6.11. The van der Waals surface area contributed by atoms with Gasteiger partial charge in [0.25, 0.3) is 0 Å². The van der Waals surface area contributed by atoms with E-state index in [2.05, 4.69) is 18.7 Å². The van der Waals surface area contributed by atoms with E-state index in [-0.39, 0.29) is 12.5 Å². The highest BCUT2D eigenvalue weighted by atomic mass is 32.2. The second-order valence-electron chi connectivity index (χ2n) is 6.17. The second-order valence-corrected chi connectivity index (χ2v) is 8.02. The molecule has 0 bridgehead atoms. The standard InChI is InChI=1S/C13H25N3O3S/c1-10(2)16-6-3-4-11(16)8-13(17)15-7-5-12(9-15)20(14,18)19/h10-12H,3-9H2,1-2H3,(H2,14,18,19)/t11-,12?/m0/s1. The molecule has 7 heteroatoms. The van der Waals surface area contributed by atoms with Gasteiger partial charge in [0.15, 0.2) is 0 Å². The molecule has 0 aromatic carbocycles. The number of nitrogens with zero attached hydrogens (tertiary/aromatic N) is 2. The Hall–Kier alpha value is -0.660. The van der Waals surface area contributed by atoms with Crippen LogP contribution in [0.5, 0.6) is 0 Å². The first-order valence-electron chi connectivity index (χ1n) is 7.34. The molecule has 0 saturated carbocycles. The zero-order valence-electron chi connectivity index (χ0n) is 12.3. The summed E-state index contributed by atoms with van der Waals surface area (Å²) in [5, 5.41) is 4.57. The second kappa shape index (κ2) is 5.99. The monoisotopic (exact) mass is 303 g/mol. The molecule has 2 N–H and O–H groups in total. The Kier molecular flexibility index (Phi) is 4.71. The van der Waals surface area contributed by atoms with E-state index >= 15 is 0 Å². The van der Waals surface area contributed by atoms with Gasteiger partial charge in [-0.15, -0.1) is 0 Å². The SMILES string of the molecule is CC(C)N1CCC[C@H]1CC(=O)N1CCC(S(N)(=O)=O)C1. The zero-order chi connectivity index (χ0) is 14.9. The number of nitrogens with two attached hydrogens (primary N) is 1. The van der Waals surface area contributed by atoms with Crippen molar-refractivity contribution in [1.82, 2.24) is 9.80 Å². The number of carbonyl (C=O) groups excluding carboxylic acids is 1. The van der Waals surface area contributed by atoms with Crippen LogP contribution in [0.2, 0.25) is 0 Å². The van der Waals surface area contributed by atoms with Gasteiger partial charge in [0.1, 0.15) is 0 Å². The normalized spacial score (nSPS) is 28.5. The number of primary sulfonamides is 1. The highest BCUT2D eigenvalue weighted by molar-refractivity contribution is 7.89. The molecule has 1 unspecified atom stereocenters. The van der Waals surface area contributed by atoms with Crippen LogP contribution in [0.4, 0.5) is 0 Å². The van der Waals surface area contributed by atoms with E-state index in [0.717, 1.165) is 19.4 Å². The van der Waals surface area contributed by atoms with Gasteiger partial charge in [-0.1, -0.05) is 0 Å². The molecule has 2 fully saturated rings. The summed E-state index contributed by atoms with van der Waals surface area (Å²) in [7, 11) is -3.52. The molecule has 0 spiro atoms. The summed E-state index contributed by atoms with van der Waals surface area (Å²) in [6, 6.07) is 0.752. The Balaban J connectivity index is 1.90. The molecule has 0 radical (unpaired) electrons. The van der Waals surface area contributed by atoms with E-state index in [1.54, 1.807) is 4.90 Å². The third kappa shape index (κ3) is 3.51. The molecular formula is C13H25N3O3S. The van der Waals surface area contributed by atoms with Gasteiger partial charge >= 0.3 is 0 Å². The van der Waals surface area contributed by atoms with Gasteiger partial charge in [-0.05, 0) is 39.7 Å². The van der Waals surface area contributed by atoms with Crippen LogP contribution in [0, 0.1) is 0 Å². The number of sulfonamides is 1. The lowest BCUT2D eigenvalue weighted by Crippen LogP contribution is -2.40. The lowest BCUT2D eigenvalue weighted by molar-refractivity contribution is -0.131. The maximum Gasteiger partial charge on any atom is 0.224 e.